The van der Waals surface area contributed by atoms with Crippen LogP contribution in [-0.2, 0) is 12.8 Å². The highest BCUT2D eigenvalue weighted by Crippen LogP contribution is 2.50. The summed E-state index contributed by atoms with van der Waals surface area (Å²) < 4.78 is 0. The van der Waals surface area contributed by atoms with Crippen molar-refractivity contribution >= 4 is 44.3 Å². The van der Waals surface area contributed by atoms with E-state index in [1.54, 1.807) is 0 Å². The van der Waals surface area contributed by atoms with Crippen molar-refractivity contribution in [2.75, 3.05) is 9.80 Å². The van der Waals surface area contributed by atoms with Crippen LogP contribution >= 0.6 is 0 Å². The Hall–Kier alpha value is -5.86. The van der Waals surface area contributed by atoms with Crippen molar-refractivity contribution in [2.24, 2.45) is 21.7 Å². The number of rotatable bonds is 18. The van der Waals surface area contributed by atoms with Gasteiger partial charge < -0.3 is 9.80 Å². The first-order chi connectivity index (χ1) is 30.9. The highest BCUT2D eigenvalue weighted by Gasteiger charge is 2.40. The number of nitrogens with zero attached hydrogens (tertiary/aromatic N) is 2. The molecule has 0 fully saturated rings. The summed E-state index contributed by atoms with van der Waals surface area (Å²) in [6.45, 7) is 27.4. The van der Waals surface area contributed by atoms with Crippen LogP contribution < -0.4 is 9.80 Å². The van der Waals surface area contributed by atoms with Gasteiger partial charge in [0, 0.05) is 45.0 Å². The topological polar surface area (TPSA) is 6.48 Å². The zero-order valence-electron chi connectivity index (χ0n) is 40.1. The molecule has 0 radical (unpaired) electrons. The number of benzene rings is 5. The first-order valence-corrected chi connectivity index (χ1v) is 24.0. The molecular formula is C62H72N2. The summed E-state index contributed by atoms with van der Waals surface area (Å²) in [4.78, 5) is 4.87. The van der Waals surface area contributed by atoms with Crippen LogP contribution in [0, 0.1) is 21.7 Å². The van der Waals surface area contributed by atoms with E-state index in [1.807, 2.05) is 0 Å². The van der Waals surface area contributed by atoms with Crippen molar-refractivity contribution in [3.05, 3.63) is 206 Å². The first-order valence-electron chi connectivity index (χ1n) is 24.0. The average molecular weight is 845 g/mol. The molecule has 2 heteroatoms. The third-order valence-corrected chi connectivity index (χ3v) is 15.9. The molecule has 5 aromatic carbocycles. The molecule has 330 valence electrons. The summed E-state index contributed by atoms with van der Waals surface area (Å²) in [6.07, 6.45) is 35.8. The highest BCUT2D eigenvalue weighted by atomic mass is 15.2. The molecule has 2 nitrogen and oxygen atoms in total. The summed E-state index contributed by atoms with van der Waals surface area (Å²) in [7, 11) is 0. The maximum atomic E-state index is 4.20. The van der Waals surface area contributed by atoms with Gasteiger partial charge in [0.1, 0.15) is 0 Å². The normalized spacial score (nSPS) is 18.7. The predicted octanol–water partition coefficient (Wildman–Crippen LogP) is 18.2. The standard InChI is InChI=1S/C62H72N2/c1-11-17-33-53-54(34-18-12-2)58-46-52(64(48-29-23-20-24-30-48)50-32-26-42-62(10,44-40-50)60(8,15-5)16-6)36-38-56(58)55-37-35-51(45-57(53)55)63(47-27-21-19-22-28-47)49-31-25-41-61(9,43-39-49)59(7,13-3)14-4/h11-12,19-32,35-46H,1-2,13-18,33-34H2,3-10H3. The molecule has 0 aliphatic heterocycles. The van der Waals surface area contributed by atoms with E-state index < -0.39 is 0 Å². The van der Waals surface area contributed by atoms with E-state index in [9.17, 15) is 0 Å². The Kier molecular flexibility index (Phi) is 14.0. The number of hydrogen-bond acceptors (Lipinski definition) is 2. The summed E-state index contributed by atoms with van der Waals surface area (Å²) in [6, 6.07) is 36.0. The van der Waals surface area contributed by atoms with Crippen LogP contribution in [0.1, 0.15) is 105 Å². The molecule has 0 N–H and O–H groups in total. The Morgan fingerprint density at radius 2 is 0.859 bits per heavy atom. The minimum absolute atomic E-state index is 0.0713. The zero-order chi connectivity index (χ0) is 45.5. The smallest absolute Gasteiger partial charge is 0.0468 e. The van der Waals surface area contributed by atoms with Gasteiger partial charge >= 0.3 is 0 Å². The van der Waals surface area contributed by atoms with Crippen LogP contribution in [0.3, 0.4) is 0 Å². The second-order valence-electron chi connectivity index (χ2n) is 19.1. The lowest BCUT2D eigenvalue weighted by molar-refractivity contribution is 0.155. The summed E-state index contributed by atoms with van der Waals surface area (Å²) >= 11 is 0. The summed E-state index contributed by atoms with van der Waals surface area (Å²) in [5, 5.41) is 5.15. The number of hydrogen-bond donors (Lipinski definition) is 0. The van der Waals surface area contributed by atoms with Crippen LogP contribution in [0.2, 0.25) is 0 Å². The highest BCUT2D eigenvalue weighted by molar-refractivity contribution is 6.12. The van der Waals surface area contributed by atoms with Gasteiger partial charge in [-0.3, -0.25) is 0 Å². The number of fused-ring (bicyclic) bond motifs is 3. The minimum Gasteiger partial charge on any atom is -0.310 e. The van der Waals surface area contributed by atoms with Crippen LogP contribution in [0.4, 0.5) is 22.7 Å². The molecule has 0 saturated heterocycles. The predicted molar refractivity (Wildman–Crippen MR) is 282 cm³/mol. The van der Waals surface area contributed by atoms with Gasteiger partial charge in [0.2, 0.25) is 0 Å². The van der Waals surface area contributed by atoms with E-state index in [1.165, 1.54) is 32.7 Å². The second-order valence-corrected chi connectivity index (χ2v) is 19.1. The fourth-order valence-corrected chi connectivity index (χ4v) is 10.3. The molecule has 0 saturated carbocycles. The Morgan fingerprint density at radius 3 is 1.20 bits per heavy atom. The van der Waals surface area contributed by atoms with Gasteiger partial charge in [-0.1, -0.05) is 153 Å². The van der Waals surface area contributed by atoms with Gasteiger partial charge in [0.25, 0.3) is 0 Å². The molecule has 0 amide bonds. The number of anilines is 4. The number of allylic oxidation sites excluding steroid dienone is 12. The molecule has 2 unspecified atom stereocenters. The quantitative estimate of drug-likeness (QED) is 0.0640. The van der Waals surface area contributed by atoms with Crippen LogP contribution in [0.15, 0.2) is 195 Å². The van der Waals surface area contributed by atoms with E-state index in [0.717, 1.165) is 85.5 Å². The van der Waals surface area contributed by atoms with Gasteiger partial charge in [-0.2, -0.15) is 0 Å². The largest absolute Gasteiger partial charge is 0.310 e. The van der Waals surface area contributed by atoms with Gasteiger partial charge in [-0.15, -0.1) is 13.2 Å². The molecular weight excluding hydrogens is 773 g/mol. The Balaban J connectivity index is 1.43. The second kappa shape index (κ2) is 19.5. The molecule has 0 bridgehead atoms. The Bertz CT molecular complexity index is 2460. The molecule has 5 aromatic rings. The molecule has 7 rings (SSSR count). The Labute approximate surface area is 386 Å². The SMILES string of the molecule is C=CCCc1c(CCC=C)c2cc(N(C3=CC=CC(C)(C(C)(CC)CC)C=C3)c3ccccc3)ccc2c2ccc(N(C3=CC=CC(C)(C(C)(CC)CC)C=C3)c3ccccc3)cc12. The first kappa shape index (κ1) is 46.1. The van der Waals surface area contributed by atoms with Gasteiger partial charge in [0.15, 0.2) is 0 Å². The van der Waals surface area contributed by atoms with Gasteiger partial charge in [-0.25, -0.2) is 0 Å². The van der Waals surface area contributed by atoms with Crippen molar-refractivity contribution in [3.63, 3.8) is 0 Å². The van der Waals surface area contributed by atoms with E-state index in [-0.39, 0.29) is 21.7 Å². The molecule has 64 heavy (non-hydrogen) atoms. The van der Waals surface area contributed by atoms with Crippen LogP contribution in [0.25, 0.3) is 21.5 Å². The lowest BCUT2D eigenvalue weighted by Gasteiger charge is -2.42. The van der Waals surface area contributed by atoms with Crippen LogP contribution in [-0.4, -0.2) is 0 Å². The van der Waals surface area contributed by atoms with Crippen LogP contribution in [0.5, 0.6) is 0 Å². The molecule has 2 aliphatic carbocycles. The lowest BCUT2D eigenvalue weighted by Crippen LogP contribution is -2.33. The fourth-order valence-electron chi connectivity index (χ4n) is 10.3. The third kappa shape index (κ3) is 8.69. The third-order valence-electron chi connectivity index (χ3n) is 15.9. The van der Waals surface area contributed by atoms with E-state index in [4.69, 9.17) is 0 Å². The molecule has 0 aromatic heterocycles. The summed E-state index contributed by atoms with van der Waals surface area (Å²) in [5.41, 5.74) is 9.83. The van der Waals surface area contributed by atoms with Crippen molar-refractivity contribution in [1.29, 1.82) is 0 Å². The van der Waals surface area contributed by atoms with Crippen molar-refractivity contribution < 1.29 is 0 Å². The fraction of sp³-hybridized carbons (Fsp3) is 0.323. The van der Waals surface area contributed by atoms with E-state index in [0.29, 0.717) is 0 Å². The monoisotopic (exact) mass is 845 g/mol. The molecule has 0 spiro atoms. The van der Waals surface area contributed by atoms with E-state index in [2.05, 4.69) is 248 Å². The zero-order valence-corrected chi connectivity index (χ0v) is 40.1. The number of aryl methyl sites for hydroxylation is 2. The van der Waals surface area contributed by atoms with Crippen molar-refractivity contribution in [1.82, 2.24) is 0 Å². The van der Waals surface area contributed by atoms with Gasteiger partial charge in [-0.05, 0) is 168 Å². The van der Waals surface area contributed by atoms with Crippen molar-refractivity contribution in [3.8, 4) is 0 Å². The summed E-state index contributed by atoms with van der Waals surface area (Å²) in [5.74, 6) is 0. The molecule has 2 aliphatic rings. The van der Waals surface area contributed by atoms with Gasteiger partial charge in [0.05, 0.1) is 0 Å². The maximum absolute atomic E-state index is 4.20. The molecule has 2 atom stereocenters. The lowest BCUT2D eigenvalue weighted by atomic mass is 9.62. The molecule has 0 heterocycles. The van der Waals surface area contributed by atoms with Crippen molar-refractivity contribution in [2.45, 2.75) is 107 Å². The van der Waals surface area contributed by atoms with E-state index >= 15 is 0 Å². The maximum Gasteiger partial charge on any atom is 0.0468 e. The Morgan fingerprint density at radius 1 is 0.484 bits per heavy atom. The minimum atomic E-state index is -0.0713. The average Bonchev–Trinajstić information content (AvgIpc) is 3.66. The number of para-hydroxylation sites is 2.